The largest absolute Gasteiger partial charge is 0.341 e. The molecule has 0 fully saturated rings. The second kappa shape index (κ2) is 8.20. The van der Waals surface area contributed by atoms with Crippen molar-refractivity contribution in [2.45, 2.75) is 17.9 Å². The first-order valence-electron chi connectivity index (χ1n) is 6.92. The van der Waals surface area contributed by atoms with Gasteiger partial charge in [-0.25, -0.2) is 4.39 Å². The van der Waals surface area contributed by atoms with Crippen LogP contribution < -0.4 is 0 Å². The lowest BCUT2D eigenvalue weighted by Crippen LogP contribution is -2.26. The highest BCUT2D eigenvalue weighted by atomic mass is 35.5. The Bertz CT molecular complexity index is 633. The molecule has 22 heavy (non-hydrogen) atoms. The van der Waals surface area contributed by atoms with Crippen LogP contribution in [0.4, 0.5) is 4.39 Å². The molecule has 0 saturated heterocycles. The standard InChI is InChI=1S/C17H17ClFNOS/c1-20(12-13-6-8-14(19)9-7-13)17(21)10-11-22-16-5-3-2-4-15(16)18/h2-9H,10-12H2,1H3. The second-order valence-corrected chi connectivity index (χ2v) is 6.45. The molecule has 0 aliphatic carbocycles. The molecular weight excluding hydrogens is 321 g/mol. The summed E-state index contributed by atoms with van der Waals surface area (Å²) in [5.41, 5.74) is 0.913. The lowest BCUT2D eigenvalue weighted by atomic mass is 10.2. The van der Waals surface area contributed by atoms with E-state index in [1.165, 1.54) is 12.1 Å². The van der Waals surface area contributed by atoms with Crippen molar-refractivity contribution in [2.75, 3.05) is 12.8 Å². The van der Waals surface area contributed by atoms with E-state index in [2.05, 4.69) is 0 Å². The molecule has 2 aromatic rings. The van der Waals surface area contributed by atoms with Crippen LogP contribution in [-0.4, -0.2) is 23.6 Å². The Kier molecular flexibility index (Phi) is 6.28. The monoisotopic (exact) mass is 337 g/mol. The predicted molar refractivity (Wildman–Crippen MR) is 89.7 cm³/mol. The van der Waals surface area contributed by atoms with Crippen LogP contribution >= 0.6 is 23.4 Å². The SMILES string of the molecule is CN(Cc1ccc(F)cc1)C(=O)CCSc1ccccc1Cl. The Hall–Kier alpha value is -1.52. The molecule has 116 valence electrons. The zero-order valence-corrected chi connectivity index (χ0v) is 13.8. The maximum absolute atomic E-state index is 12.8. The molecule has 2 rings (SSSR count). The van der Waals surface area contributed by atoms with E-state index in [9.17, 15) is 9.18 Å². The number of halogens is 2. The number of benzene rings is 2. The number of nitrogens with zero attached hydrogens (tertiary/aromatic N) is 1. The first-order valence-corrected chi connectivity index (χ1v) is 8.28. The van der Waals surface area contributed by atoms with Gasteiger partial charge in [0.2, 0.25) is 5.91 Å². The molecule has 5 heteroatoms. The molecule has 0 saturated carbocycles. The summed E-state index contributed by atoms with van der Waals surface area (Å²) in [4.78, 5) is 14.7. The molecule has 0 aromatic heterocycles. The maximum atomic E-state index is 12.8. The van der Waals surface area contributed by atoms with Crippen molar-refractivity contribution in [3.63, 3.8) is 0 Å². The normalized spacial score (nSPS) is 10.5. The van der Waals surface area contributed by atoms with Gasteiger partial charge in [-0.2, -0.15) is 0 Å². The van der Waals surface area contributed by atoms with Crippen molar-refractivity contribution in [3.8, 4) is 0 Å². The topological polar surface area (TPSA) is 20.3 Å². The molecule has 0 heterocycles. The first-order chi connectivity index (χ1) is 10.6. The fourth-order valence-corrected chi connectivity index (χ4v) is 3.13. The van der Waals surface area contributed by atoms with Gasteiger partial charge in [-0.05, 0) is 29.8 Å². The molecule has 0 aliphatic rings. The fourth-order valence-electron chi connectivity index (χ4n) is 1.95. The van der Waals surface area contributed by atoms with Crippen molar-refractivity contribution in [3.05, 3.63) is 64.9 Å². The van der Waals surface area contributed by atoms with E-state index in [0.717, 1.165) is 10.5 Å². The van der Waals surface area contributed by atoms with Gasteiger partial charge in [0.15, 0.2) is 0 Å². The summed E-state index contributed by atoms with van der Waals surface area (Å²) < 4.78 is 12.8. The summed E-state index contributed by atoms with van der Waals surface area (Å²) in [5, 5.41) is 0.708. The van der Waals surface area contributed by atoms with Crippen molar-refractivity contribution in [2.24, 2.45) is 0 Å². The highest BCUT2D eigenvalue weighted by Gasteiger charge is 2.10. The summed E-state index contributed by atoms with van der Waals surface area (Å²) in [7, 11) is 1.76. The van der Waals surface area contributed by atoms with Crippen LogP contribution in [0.15, 0.2) is 53.4 Å². The molecule has 0 aliphatic heterocycles. The number of carbonyl (C=O) groups excluding carboxylic acids is 1. The van der Waals surface area contributed by atoms with Gasteiger partial charge in [-0.1, -0.05) is 35.9 Å². The Morgan fingerprint density at radius 2 is 1.86 bits per heavy atom. The minimum Gasteiger partial charge on any atom is -0.341 e. The summed E-state index contributed by atoms with van der Waals surface area (Å²) >= 11 is 7.65. The van der Waals surface area contributed by atoms with E-state index < -0.39 is 0 Å². The Labute approximate surface area is 139 Å². The van der Waals surface area contributed by atoms with Crippen LogP contribution in [0.2, 0.25) is 5.02 Å². The van der Waals surface area contributed by atoms with Gasteiger partial charge in [0.05, 0.1) is 5.02 Å². The van der Waals surface area contributed by atoms with Crippen molar-refractivity contribution in [1.82, 2.24) is 4.90 Å². The summed E-state index contributed by atoms with van der Waals surface area (Å²) in [6.07, 6.45) is 0.438. The highest BCUT2D eigenvalue weighted by molar-refractivity contribution is 7.99. The Morgan fingerprint density at radius 3 is 2.55 bits per heavy atom. The van der Waals surface area contributed by atoms with Crippen molar-refractivity contribution < 1.29 is 9.18 Å². The highest BCUT2D eigenvalue weighted by Crippen LogP contribution is 2.27. The molecule has 0 atom stereocenters. The molecule has 2 nitrogen and oxygen atoms in total. The summed E-state index contributed by atoms with van der Waals surface area (Å²) in [6, 6.07) is 13.8. The van der Waals surface area contributed by atoms with Crippen molar-refractivity contribution >= 4 is 29.3 Å². The Balaban J connectivity index is 1.79. The van der Waals surface area contributed by atoms with E-state index in [0.29, 0.717) is 23.7 Å². The lowest BCUT2D eigenvalue weighted by molar-refractivity contribution is -0.129. The third kappa shape index (κ3) is 5.04. The van der Waals surface area contributed by atoms with Gasteiger partial charge < -0.3 is 4.90 Å². The molecule has 0 spiro atoms. The first kappa shape index (κ1) is 16.8. The van der Waals surface area contributed by atoms with E-state index in [4.69, 9.17) is 11.6 Å². The number of amides is 1. The summed E-state index contributed by atoms with van der Waals surface area (Å²) in [5.74, 6) is 0.466. The maximum Gasteiger partial charge on any atom is 0.223 e. The molecule has 0 unspecified atom stereocenters. The molecule has 2 aromatic carbocycles. The van der Waals surface area contributed by atoms with Gasteiger partial charge in [-0.15, -0.1) is 11.8 Å². The van der Waals surface area contributed by atoms with Crippen LogP contribution in [0.25, 0.3) is 0 Å². The fraction of sp³-hybridized carbons (Fsp3) is 0.235. The smallest absolute Gasteiger partial charge is 0.223 e. The van der Waals surface area contributed by atoms with Gasteiger partial charge in [0.25, 0.3) is 0 Å². The van der Waals surface area contributed by atoms with Gasteiger partial charge in [-0.3, -0.25) is 4.79 Å². The van der Waals surface area contributed by atoms with Crippen LogP contribution in [-0.2, 0) is 11.3 Å². The van der Waals surface area contributed by atoms with Gasteiger partial charge in [0.1, 0.15) is 5.82 Å². The zero-order valence-electron chi connectivity index (χ0n) is 12.3. The Morgan fingerprint density at radius 1 is 1.18 bits per heavy atom. The van der Waals surface area contributed by atoms with Gasteiger partial charge in [0, 0.05) is 30.7 Å². The zero-order chi connectivity index (χ0) is 15.9. The predicted octanol–water partition coefficient (Wildman–Crippen LogP) is 4.62. The third-order valence-corrected chi connectivity index (χ3v) is 4.69. The number of hydrogen-bond acceptors (Lipinski definition) is 2. The molecule has 0 N–H and O–H groups in total. The number of hydrogen-bond donors (Lipinski definition) is 0. The number of rotatable bonds is 6. The second-order valence-electron chi connectivity index (χ2n) is 4.91. The quantitative estimate of drug-likeness (QED) is 0.717. The molecule has 1 amide bonds. The summed E-state index contributed by atoms with van der Waals surface area (Å²) in [6.45, 7) is 0.482. The average molecular weight is 338 g/mol. The van der Waals surface area contributed by atoms with Crippen LogP contribution in [0.1, 0.15) is 12.0 Å². The average Bonchev–Trinajstić information content (AvgIpc) is 2.51. The number of carbonyl (C=O) groups is 1. The van der Waals surface area contributed by atoms with E-state index >= 15 is 0 Å². The van der Waals surface area contributed by atoms with Gasteiger partial charge >= 0.3 is 0 Å². The van der Waals surface area contributed by atoms with Crippen LogP contribution in [0.5, 0.6) is 0 Å². The minimum absolute atomic E-state index is 0.0591. The van der Waals surface area contributed by atoms with Crippen LogP contribution in [0.3, 0.4) is 0 Å². The molecule has 0 radical (unpaired) electrons. The lowest BCUT2D eigenvalue weighted by Gasteiger charge is -2.17. The van der Waals surface area contributed by atoms with Crippen molar-refractivity contribution in [1.29, 1.82) is 0 Å². The van der Waals surface area contributed by atoms with E-state index in [1.54, 1.807) is 35.8 Å². The molecule has 0 bridgehead atoms. The third-order valence-electron chi connectivity index (χ3n) is 3.17. The minimum atomic E-state index is -0.270. The van der Waals surface area contributed by atoms with E-state index in [1.807, 2.05) is 24.3 Å². The van der Waals surface area contributed by atoms with Crippen LogP contribution in [0, 0.1) is 5.82 Å². The molecular formula is C17H17ClFNOS. The number of thioether (sulfide) groups is 1. The van der Waals surface area contributed by atoms with E-state index in [-0.39, 0.29) is 11.7 Å².